The molecule has 15 heteroatoms. The third-order valence-electron chi connectivity index (χ3n) is 5.89. The van der Waals surface area contributed by atoms with Crippen LogP contribution < -0.4 is 10.5 Å². The molecular weight excluding hydrogens is 635 g/mol. The van der Waals surface area contributed by atoms with Crippen molar-refractivity contribution in [3.05, 3.63) is 99.3 Å². The lowest BCUT2D eigenvalue weighted by Gasteiger charge is -2.24. The largest absolute Gasteiger partial charge is 0.476 e. The van der Waals surface area contributed by atoms with Crippen LogP contribution in [0, 0.1) is 18.6 Å². The van der Waals surface area contributed by atoms with E-state index >= 15 is 4.39 Å². The molecule has 0 saturated heterocycles. The fourth-order valence-corrected chi connectivity index (χ4v) is 4.40. The number of ether oxygens (including phenoxy) is 1. The van der Waals surface area contributed by atoms with Crippen molar-refractivity contribution in [2.45, 2.75) is 25.7 Å². The average molecular weight is 655 g/mol. The van der Waals surface area contributed by atoms with Crippen molar-refractivity contribution < 1.29 is 45.8 Å². The third kappa shape index (κ3) is 6.84. The molecule has 0 fully saturated rings. The number of carbonyl (C=O) groups is 2. The third-order valence-corrected chi connectivity index (χ3v) is 6.43. The maximum atomic E-state index is 15.1. The van der Waals surface area contributed by atoms with Gasteiger partial charge in [-0.15, -0.1) is 0 Å². The molecule has 0 saturated carbocycles. The Hall–Kier alpha value is -4.53. The van der Waals surface area contributed by atoms with Gasteiger partial charge in [0.25, 0.3) is 5.91 Å². The summed E-state index contributed by atoms with van der Waals surface area (Å²) in [6.07, 6.45) is -7.50. The van der Waals surface area contributed by atoms with E-state index in [1.54, 1.807) is 25.1 Å². The normalized spacial score (nSPS) is 12.2. The number of hydrogen-bond donors (Lipinski definition) is 2. The molecule has 42 heavy (non-hydrogen) atoms. The van der Waals surface area contributed by atoms with E-state index in [1.807, 2.05) is 0 Å². The number of primary amides is 1. The van der Waals surface area contributed by atoms with Crippen LogP contribution in [0.2, 0.25) is 0 Å². The molecule has 4 aromatic rings. The monoisotopic (exact) mass is 654 g/mol. The van der Waals surface area contributed by atoms with Crippen molar-refractivity contribution in [2.24, 2.45) is 5.73 Å². The van der Waals surface area contributed by atoms with E-state index < -0.39 is 59.3 Å². The van der Waals surface area contributed by atoms with Crippen LogP contribution in [0.5, 0.6) is 5.75 Å². The Morgan fingerprint density at radius 2 is 1.79 bits per heavy atom. The molecule has 0 aliphatic rings. The summed E-state index contributed by atoms with van der Waals surface area (Å²) in [6.45, 7) is 0.942. The first-order valence-corrected chi connectivity index (χ1v) is 12.7. The number of nitrogens with two attached hydrogens (primary N) is 1. The number of aromatic nitrogens is 2. The highest BCUT2D eigenvalue weighted by Gasteiger charge is 2.32. The molecule has 1 unspecified atom stereocenters. The van der Waals surface area contributed by atoms with Crippen molar-refractivity contribution in [1.29, 1.82) is 0 Å². The van der Waals surface area contributed by atoms with Gasteiger partial charge in [0.15, 0.2) is 22.3 Å². The Morgan fingerprint density at radius 3 is 2.38 bits per heavy atom. The summed E-state index contributed by atoms with van der Waals surface area (Å²) in [5.74, 6) is -5.08. The second kappa shape index (κ2) is 12.1. The van der Waals surface area contributed by atoms with E-state index in [-0.39, 0.29) is 28.4 Å². The highest BCUT2D eigenvalue weighted by Crippen LogP contribution is 2.36. The topological polar surface area (TPSA) is 132 Å². The Labute approximate surface area is 242 Å². The molecule has 4 rings (SSSR count). The Balaban J connectivity index is 1.74. The van der Waals surface area contributed by atoms with Crippen LogP contribution >= 0.6 is 15.9 Å². The number of oxazole rings is 1. The minimum Gasteiger partial charge on any atom is -0.476 e. The summed E-state index contributed by atoms with van der Waals surface area (Å²) in [5.41, 5.74) is 4.35. The van der Waals surface area contributed by atoms with E-state index in [9.17, 15) is 32.3 Å². The van der Waals surface area contributed by atoms with Crippen molar-refractivity contribution in [3.63, 3.8) is 0 Å². The van der Waals surface area contributed by atoms with Gasteiger partial charge in [0.1, 0.15) is 17.1 Å². The van der Waals surface area contributed by atoms with E-state index in [0.717, 1.165) is 41.3 Å². The predicted octanol–water partition coefficient (Wildman–Crippen LogP) is 6.50. The Bertz CT molecular complexity index is 1630. The second-order valence-electron chi connectivity index (χ2n) is 8.89. The number of halogens is 6. The van der Waals surface area contributed by atoms with Crippen LogP contribution in [0.15, 0.2) is 63.7 Å². The minimum absolute atomic E-state index is 0.0342. The maximum absolute atomic E-state index is 15.1. The SMILES string of the molecule is Cc1cccc(CN(CC(Oc2ccc(F)c(C(N)=O)c2F)c2nc(-c3ccc(C(F)(F)F)cc3)c(Br)o2)C(=O)O)n1. The molecule has 0 radical (unpaired) electrons. The molecule has 9 nitrogen and oxygen atoms in total. The highest BCUT2D eigenvalue weighted by molar-refractivity contribution is 9.10. The van der Waals surface area contributed by atoms with Crippen molar-refractivity contribution in [2.75, 3.05) is 6.54 Å². The Morgan fingerprint density at radius 1 is 1.10 bits per heavy atom. The zero-order valence-electron chi connectivity index (χ0n) is 21.5. The maximum Gasteiger partial charge on any atom is 0.416 e. The number of aryl methyl sites for hydroxylation is 1. The number of pyridine rings is 1. The van der Waals surface area contributed by atoms with E-state index in [1.165, 1.54) is 0 Å². The molecule has 0 spiro atoms. The zero-order chi connectivity index (χ0) is 30.8. The van der Waals surface area contributed by atoms with Gasteiger partial charge in [0.05, 0.1) is 24.3 Å². The molecular formula is C27H20BrF5N4O5. The molecule has 1 atom stereocenters. The summed E-state index contributed by atoms with van der Waals surface area (Å²) in [4.78, 5) is 33.2. The van der Waals surface area contributed by atoms with Crippen LogP contribution in [-0.4, -0.2) is 38.5 Å². The number of hydrogen-bond acceptors (Lipinski definition) is 6. The van der Waals surface area contributed by atoms with Gasteiger partial charge < -0.3 is 20.0 Å². The first kappa shape index (κ1) is 30.4. The van der Waals surface area contributed by atoms with Gasteiger partial charge in [-0.2, -0.15) is 13.2 Å². The lowest BCUT2D eigenvalue weighted by atomic mass is 10.1. The molecule has 2 heterocycles. The van der Waals surface area contributed by atoms with E-state index in [0.29, 0.717) is 11.4 Å². The van der Waals surface area contributed by atoms with Crippen molar-refractivity contribution in [3.8, 4) is 17.0 Å². The number of nitrogens with zero attached hydrogens (tertiary/aromatic N) is 3. The van der Waals surface area contributed by atoms with Crippen molar-refractivity contribution in [1.82, 2.24) is 14.9 Å². The van der Waals surface area contributed by atoms with Gasteiger partial charge in [-0.05, 0) is 59.3 Å². The minimum atomic E-state index is -4.57. The fourth-order valence-electron chi connectivity index (χ4n) is 3.91. The molecule has 2 amide bonds. The Kier molecular flexibility index (Phi) is 8.80. The fraction of sp³-hybridized carbons (Fsp3) is 0.185. The van der Waals surface area contributed by atoms with Gasteiger partial charge in [-0.3, -0.25) is 14.7 Å². The van der Waals surface area contributed by atoms with E-state index in [2.05, 4.69) is 25.9 Å². The van der Waals surface area contributed by atoms with Gasteiger partial charge in [0.2, 0.25) is 5.89 Å². The lowest BCUT2D eigenvalue weighted by molar-refractivity contribution is -0.137. The number of carbonyl (C=O) groups excluding carboxylic acids is 1. The van der Waals surface area contributed by atoms with Gasteiger partial charge in [-0.25, -0.2) is 18.6 Å². The number of amides is 2. The van der Waals surface area contributed by atoms with Crippen LogP contribution in [0.1, 0.15) is 39.3 Å². The molecule has 2 aromatic carbocycles. The van der Waals surface area contributed by atoms with Crippen LogP contribution in [0.4, 0.5) is 26.7 Å². The molecule has 3 N–H and O–H groups in total. The molecule has 0 aliphatic heterocycles. The van der Waals surface area contributed by atoms with Crippen LogP contribution in [-0.2, 0) is 12.7 Å². The number of carboxylic acid groups (broad SMARTS) is 1. The summed E-state index contributed by atoms with van der Waals surface area (Å²) in [7, 11) is 0. The number of benzene rings is 2. The molecule has 220 valence electrons. The lowest BCUT2D eigenvalue weighted by Crippen LogP contribution is -2.35. The summed E-state index contributed by atoms with van der Waals surface area (Å²) >= 11 is 3.15. The number of rotatable bonds is 9. The van der Waals surface area contributed by atoms with Gasteiger partial charge >= 0.3 is 12.3 Å². The first-order chi connectivity index (χ1) is 19.7. The quantitative estimate of drug-likeness (QED) is 0.197. The average Bonchev–Trinajstić information content (AvgIpc) is 3.30. The number of alkyl halides is 3. The molecule has 0 bridgehead atoms. The summed E-state index contributed by atoms with van der Waals surface area (Å²) < 4.78 is 79.5. The van der Waals surface area contributed by atoms with Gasteiger partial charge in [-0.1, -0.05) is 18.2 Å². The van der Waals surface area contributed by atoms with E-state index in [4.69, 9.17) is 14.9 Å². The van der Waals surface area contributed by atoms with Crippen LogP contribution in [0.3, 0.4) is 0 Å². The first-order valence-electron chi connectivity index (χ1n) is 11.9. The standard InChI is InChI=1S/C27H20BrF5N4O5/c1-13-3-2-4-16(35-13)11-37(26(39)40)12-19(41-18-10-9-17(29)20(21(18)30)24(34)38)25-36-22(23(28)42-25)14-5-7-15(8-6-14)27(31,32)33/h2-10,19H,11-12H2,1H3,(H2,34,38)(H,39,40). The zero-order valence-corrected chi connectivity index (χ0v) is 23.0. The highest BCUT2D eigenvalue weighted by atomic mass is 79.9. The predicted molar refractivity (Wildman–Crippen MR) is 140 cm³/mol. The molecule has 0 aliphatic carbocycles. The molecule has 2 aromatic heterocycles. The van der Waals surface area contributed by atoms with Crippen LogP contribution in [0.25, 0.3) is 11.3 Å². The van der Waals surface area contributed by atoms with Gasteiger partial charge in [0, 0.05) is 11.3 Å². The smallest absolute Gasteiger partial charge is 0.416 e. The summed E-state index contributed by atoms with van der Waals surface area (Å²) in [5, 5.41) is 9.91. The summed E-state index contributed by atoms with van der Waals surface area (Å²) in [6, 6.07) is 10.5. The second-order valence-corrected chi connectivity index (χ2v) is 9.61. The van der Waals surface area contributed by atoms with Crippen molar-refractivity contribution >= 4 is 27.9 Å².